The van der Waals surface area contributed by atoms with Gasteiger partial charge in [-0.25, -0.2) is 0 Å². The van der Waals surface area contributed by atoms with Crippen LogP contribution in [0.25, 0.3) is 0 Å². The Hall–Kier alpha value is -2.18. The summed E-state index contributed by atoms with van der Waals surface area (Å²) in [7, 11) is 0. The van der Waals surface area contributed by atoms with Crippen LogP contribution >= 0.6 is 0 Å². The molecule has 65 heavy (non-hydrogen) atoms. The Bertz CT molecular complexity index is 1100. The maximum absolute atomic E-state index is 12.5. The van der Waals surface area contributed by atoms with Crippen molar-refractivity contribution in [3.63, 3.8) is 0 Å². The highest BCUT2D eigenvalue weighted by atomic mass is 16.5. The lowest BCUT2D eigenvalue weighted by Gasteiger charge is -2.20. The third kappa shape index (κ3) is 51.1. The molecule has 6 heteroatoms. The van der Waals surface area contributed by atoms with Gasteiger partial charge in [0.2, 0.25) is 5.91 Å². The number of nitrogens with one attached hydrogen (secondary N) is 1. The average Bonchev–Trinajstić information content (AvgIpc) is 3.31. The van der Waals surface area contributed by atoms with Gasteiger partial charge in [-0.15, -0.1) is 0 Å². The second-order valence-electron chi connectivity index (χ2n) is 19.3. The van der Waals surface area contributed by atoms with Crippen molar-refractivity contribution >= 4 is 11.9 Å². The number of allylic oxidation sites excluding steroid dienone is 7. The summed E-state index contributed by atoms with van der Waals surface area (Å²) < 4.78 is 5.46. The summed E-state index contributed by atoms with van der Waals surface area (Å²) in [6.45, 7) is 4.84. The minimum atomic E-state index is -0.855. The molecule has 0 aromatic carbocycles. The maximum Gasteiger partial charge on any atom is 0.305 e. The molecule has 2 unspecified atom stereocenters. The summed E-state index contributed by atoms with van der Waals surface area (Å²) in [5, 5.41) is 23.1. The quantitative estimate of drug-likeness (QED) is 0.0321. The van der Waals surface area contributed by atoms with Gasteiger partial charge >= 0.3 is 5.97 Å². The van der Waals surface area contributed by atoms with Crippen molar-refractivity contribution in [3.8, 4) is 0 Å². The van der Waals surface area contributed by atoms with Crippen LogP contribution in [-0.4, -0.2) is 47.4 Å². The van der Waals surface area contributed by atoms with Crippen molar-refractivity contribution in [2.24, 2.45) is 0 Å². The van der Waals surface area contributed by atoms with Crippen molar-refractivity contribution < 1.29 is 24.5 Å². The van der Waals surface area contributed by atoms with E-state index in [0.717, 1.165) is 77.0 Å². The van der Waals surface area contributed by atoms with E-state index in [1.807, 2.05) is 6.08 Å². The molecule has 0 radical (unpaired) electrons. The Morgan fingerprint density at radius 2 is 0.769 bits per heavy atom. The molecule has 0 aliphatic heterocycles. The van der Waals surface area contributed by atoms with Crippen LogP contribution in [0.5, 0.6) is 0 Å². The summed E-state index contributed by atoms with van der Waals surface area (Å²) in [6, 6.07) is -0.640. The first-order chi connectivity index (χ1) is 32.0. The normalized spacial score (nSPS) is 13.0. The number of carbonyl (C=O) groups excluding carboxylic acids is 2. The molecule has 0 saturated heterocycles. The SMILES string of the molecule is CCCCC/C=C\C/C=C\CCCCCCCCCC(=O)OCCCCCC/C=C\CCCCCCCCCC(=O)NC(CO)C(O)/C=C/CCCCCCCCCCCCCCCC. The molecule has 2 atom stereocenters. The van der Waals surface area contributed by atoms with Gasteiger partial charge in [0.1, 0.15) is 0 Å². The van der Waals surface area contributed by atoms with E-state index in [1.54, 1.807) is 6.08 Å². The average molecular weight is 913 g/mol. The Kier molecular flexibility index (Phi) is 52.6. The molecule has 3 N–H and O–H groups in total. The highest BCUT2D eigenvalue weighted by Gasteiger charge is 2.18. The van der Waals surface area contributed by atoms with Crippen molar-refractivity contribution in [2.45, 2.75) is 302 Å². The van der Waals surface area contributed by atoms with Gasteiger partial charge in [0.15, 0.2) is 0 Å². The van der Waals surface area contributed by atoms with Crippen LogP contribution < -0.4 is 5.32 Å². The summed E-state index contributed by atoms with van der Waals surface area (Å²) >= 11 is 0. The molecule has 0 saturated carbocycles. The molecule has 0 fully saturated rings. The number of carbonyl (C=O) groups is 2. The second kappa shape index (κ2) is 54.4. The summed E-state index contributed by atoms with van der Waals surface area (Å²) in [5.74, 6) is -0.103. The summed E-state index contributed by atoms with van der Waals surface area (Å²) in [4.78, 5) is 24.5. The van der Waals surface area contributed by atoms with Gasteiger partial charge in [0.05, 0.1) is 25.4 Å². The first-order valence-corrected chi connectivity index (χ1v) is 28.4. The fourth-order valence-corrected chi connectivity index (χ4v) is 8.42. The van der Waals surface area contributed by atoms with Crippen LogP contribution in [0, 0.1) is 0 Å². The Morgan fingerprint density at radius 1 is 0.431 bits per heavy atom. The number of rotatable bonds is 52. The maximum atomic E-state index is 12.5. The molecule has 0 rings (SSSR count). The van der Waals surface area contributed by atoms with Crippen LogP contribution in [0.4, 0.5) is 0 Å². The summed E-state index contributed by atoms with van der Waals surface area (Å²) in [6.07, 6.45) is 68.3. The standard InChI is InChI=1S/C59H109NO5/c1-3-5-7-9-11-13-15-17-19-21-25-29-33-37-41-45-49-53-59(64)65-54-50-46-42-38-34-30-26-22-24-28-32-36-40-44-48-52-58(63)60-56(55-61)57(62)51-47-43-39-35-31-27-23-20-18-16-14-12-10-8-6-4-2/h11,13,17,19,26,30,47,51,56-57,61-62H,3-10,12,14-16,18,20-25,27-29,31-46,48-50,52-55H2,1-2H3,(H,60,63)/b13-11-,19-17-,30-26-,51-47+. The fraction of sp³-hybridized carbons (Fsp3) is 0.831. The van der Waals surface area contributed by atoms with Crippen LogP contribution in [0.2, 0.25) is 0 Å². The lowest BCUT2D eigenvalue weighted by Crippen LogP contribution is -2.45. The molecule has 0 heterocycles. The molecule has 6 nitrogen and oxygen atoms in total. The Labute approximate surface area is 404 Å². The van der Waals surface area contributed by atoms with Crippen LogP contribution in [0.1, 0.15) is 290 Å². The number of hydrogen-bond donors (Lipinski definition) is 3. The van der Waals surface area contributed by atoms with Gasteiger partial charge in [-0.1, -0.05) is 236 Å². The van der Waals surface area contributed by atoms with Crippen molar-refractivity contribution in [1.29, 1.82) is 0 Å². The van der Waals surface area contributed by atoms with Gasteiger partial charge < -0.3 is 20.3 Å². The molecule has 0 aliphatic carbocycles. The van der Waals surface area contributed by atoms with E-state index in [2.05, 4.69) is 55.6 Å². The number of aliphatic hydroxyl groups excluding tert-OH is 2. The predicted molar refractivity (Wildman–Crippen MR) is 282 cm³/mol. The third-order valence-corrected chi connectivity index (χ3v) is 12.8. The van der Waals surface area contributed by atoms with E-state index in [9.17, 15) is 19.8 Å². The number of aliphatic hydroxyl groups is 2. The van der Waals surface area contributed by atoms with E-state index in [-0.39, 0.29) is 18.5 Å². The highest BCUT2D eigenvalue weighted by molar-refractivity contribution is 5.76. The van der Waals surface area contributed by atoms with E-state index >= 15 is 0 Å². The molecule has 0 aromatic rings. The predicted octanol–water partition coefficient (Wildman–Crippen LogP) is 17.4. The van der Waals surface area contributed by atoms with Gasteiger partial charge in [-0.3, -0.25) is 9.59 Å². The van der Waals surface area contributed by atoms with Gasteiger partial charge in [0.25, 0.3) is 0 Å². The largest absolute Gasteiger partial charge is 0.466 e. The van der Waals surface area contributed by atoms with Gasteiger partial charge in [-0.2, -0.15) is 0 Å². The summed E-state index contributed by atoms with van der Waals surface area (Å²) in [5.41, 5.74) is 0. The molecule has 0 aromatic heterocycles. The molecule has 1 amide bonds. The van der Waals surface area contributed by atoms with Crippen LogP contribution in [0.15, 0.2) is 48.6 Å². The van der Waals surface area contributed by atoms with Crippen molar-refractivity contribution in [1.82, 2.24) is 5.32 Å². The van der Waals surface area contributed by atoms with Gasteiger partial charge in [0, 0.05) is 12.8 Å². The number of ether oxygens (including phenoxy) is 1. The Morgan fingerprint density at radius 3 is 1.22 bits per heavy atom. The van der Waals surface area contributed by atoms with E-state index in [0.29, 0.717) is 19.4 Å². The number of unbranched alkanes of at least 4 members (excludes halogenated alkanes) is 35. The van der Waals surface area contributed by atoms with E-state index in [1.165, 1.54) is 186 Å². The Balaban J connectivity index is 3.51. The number of amides is 1. The van der Waals surface area contributed by atoms with Gasteiger partial charge in [-0.05, 0) is 89.9 Å². The van der Waals surface area contributed by atoms with Crippen molar-refractivity contribution in [3.05, 3.63) is 48.6 Å². The monoisotopic (exact) mass is 912 g/mol. The first-order valence-electron chi connectivity index (χ1n) is 28.4. The van der Waals surface area contributed by atoms with Crippen molar-refractivity contribution in [2.75, 3.05) is 13.2 Å². The first kappa shape index (κ1) is 62.8. The number of esters is 1. The topological polar surface area (TPSA) is 95.9 Å². The highest BCUT2D eigenvalue weighted by Crippen LogP contribution is 2.15. The number of hydrogen-bond acceptors (Lipinski definition) is 5. The third-order valence-electron chi connectivity index (χ3n) is 12.8. The second-order valence-corrected chi connectivity index (χ2v) is 19.3. The zero-order chi connectivity index (χ0) is 47.2. The minimum Gasteiger partial charge on any atom is -0.466 e. The zero-order valence-electron chi connectivity index (χ0n) is 43.2. The minimum absolute atomic E-state index is 0.0194. The molecular weight excluding hydrogens is 803 g/mol. The lowest BCUT2D eigenvalue weighted by molar-refractivity contribution is -0.143. The fourth-order valence-electron chi connectivity index (χ4n) is 8.42. The molecule has 0 bridgehead atoms. The smallest absolute Gasteiger partial charge is 0.305 e. The van der Waals surface area contributed by atoms with E-state index < -0.39 is 12.1 Å². The van der Waals surface area contributed by atoms with Crippen LogP contribution in [0.3, 0.4) is 0 Å². The van der Waals surface area contributed by atoms with E-state index in [4.69, 9.17) is 4.74 Å². The molecule has 380 valence electrons. The zero-order valence-corrected chi connectivity index (χ0v) is 43.2. The van der Waals surface area contributed by atoms with Crippen LogP contribution in [-0.2, 0) is 14.3 Å². The lowest BCUT2D eigenvalue weighted by atomic mass is 10.0. The molecule has 0 spiro atoms. The molecule has 0 aliphatic rings. The molecular formula is C59H109NO5.